The first-order chi connectivity index (χ1) is 11.3. The maximum atomic E-state index is 12.6. The number of ether oxygens (including phenoxy) is 1. The SMILES string of the molecule is O=c1c2ccsc2ncn1Cc1ccccc1N1CCOCC1. The largest absolute Gasteiger partial charge is 0.378 e. The summed E-state index contributed by atoms with van der Waals surface area (Å²) in [6.07, 6.45) is 1.65. The van der Waals surface area contributed by atoms with E-state index in [-0.39, 0.29) is 5.56 Å². The number of thiophene rings is 1. The Labute approximate surface area is 137 Å². The lowest BCUT2D eigenvalue weighted by Gasteiger charge is -2.30. The van der Waals surface area contributed by atoms with Gasteiger partial charge in [-0.1, -0.05) is 18.2 Å². The summed E-state index contributed by atoms with van der Waals surface area (Å²) in [6, 6.07) is 10.1. The van der Waals surface area contributed by atoms with Crippen molar-refractivity contribution in [2.24, 2.45) is 0 Å². The molecule has 0 radical (unpaired) electrons. The number of rotatable bonds is 3. The van der Waals surface area contributed by atoms with Crippen LogP contribution in [0.5, 0.6) is 0 Å². The molecule has 2 aromatic heterocycles. The molecule has 1 fully saturated rings. The van der Waals surface area contributed by atoms with E-state index in [0.717, 1.165) is 36.7 Å². The van der Waals surface area contributed by atoms with Crippen molar-refractivity contribution in [3.63, 3.8) is 0 Å². The average Bonchev–Trinajstić information content (AvgIpc) is 3.08. The van der Waals surface area contributed by atoms with Crippen molar-refractivity contribution < 1.29 is 4.74 Å². The molecular weight excluding hydrogens is 310 g/mol. The average molecular weight is 327 g/mol. The molecule has 0 bridgehead atoms. The third-order valence-corrected chi connectivity index (χ3v) is 4.96. The van der Waals surface area contributed by atoms with E-state index in [2.05, 4.69) is 22.0 Å². The quantitative estimate of drug-likeness (QED) is 0.741. The number of hydrogen-bond donors (Lipinski definition) is 0. The van der Waals surface area contributed by atoms with Gasteiger partial charge in [-0.2, -0.15) is 0 Å². The Bertz CT molecular complexity index is 881. The third-order valence-electron chi connectivity index (χ3n) is 4.13. The molecule has 0 N–H and O–H groups in total. The fourth-order valence-corrected chi connectivity index (χ4v) is 3.67. The minimum Gasteiger partial charge on any atom is -0.378 e. The zero-order valence-corrected chi connectivity index (χ0v) is 13.5. The van der Waals surface area contributed by atoms with E-state index in [0.29, 0.717) is 11.9 Å². The number of fused-ring (bicyclic) bond motifs is 1. The number of nitrogens with zero attached hydrogens (tertiary/aromatic N) is 3. The molecular formula is C17H17N3O2S. The van der Waals surface area contributed by atoms with Crippen molar-refractivity contribution in [1.29, 1.82) is 0 Å². The van der Waals surface area contributed by atoms with Crippen LogP contribution in [-0.4, -0.2) is 35.9 Å². The molecule has 0 spiro atoms. The Hall–Kier alpha value is -2.18. The van der Waals surface area contributed by atoms with Crippen molar-refractivity contribution in [2.75, 3.05) is 31.2 Å². The fourth-order valence-electron chi connectivity index (χ4n) is 2.95. The smallest absolute Gasteiger partial charge is 0.262 e. The van der Waals surface area contributed by atoms with Gasteiger partial charge in [0.25, 0.3) is 5.56 Å². The van der Waals surface area contributed by atoms with Gasteiger partial charge in [0.15, 0.2) is 0 Å². The molecule has 0 atom stereocenters. The van der Waals surface area contributed by atoms with E-state index < -0.39 is 0 Å². The molecule has 1 aliphatic rings. The van der Waals surface area contributed by atoms with Crippen LogP contribution in [0.3, 0.4) is 0 Å². The zero-order valence-electron chi connectivity index (χ0n) is 12.6. The van der Waals surface area contributed by atoms with Crippen LogP contribution in [-0.2, 0) is 11.3 Å². The second-order valence-corrected chi connectivity index (χ2v) is 6.44. The summed E-state index contributed by atoms with van der Waals surface area (Å²) in [4.78, 5) is 20.1. The minimum atomic E-state index is 0.0213. The number of para-hydroxylation sites is 1. The van der Waals surface area contributed by atoms with E-state index in [1.807, 2.05) is 23.6 Å². The van der Waals surface area contributed by atoms with Gasteiger partial charge in [-0.15, -0.1) is 11.3 Å². The number of morpholine rings is 1. The Kier molecular flexibility index (Phi) is 3.85. The summed E-state index contributed by atoms with van der Waals surface area (Å²) in [7, 11) is 0. The number of hydrogen-bond acceptors (Lipinski definition) is 5. The number of anilines is 1. The van der Waals surface area contributed by atoms with Crippen LogP contribution < -0.4 is 10.5 Å². The van der Waals surface area contributed by atoms with Gasteiger partial charge >= 0.3 is 0 Å². The molecule has 4 rings (SSSR count). The molecule has 0 saturated carbocycles. The molecule has 1 saturated heterocycles. The monoisotopic (exact) mass is 327 g/mol. The van der Waals surface area contributed by atoms with Crippen molar-refractivity contribution in [3.8, 4) is 0 Å². The lowest BCUT2D eigenvalue weighted by atomic mass is 10.1. The summed E-state index contributed by atoms with van der Waals surface area (Å²) >= 11 is 1.50. The van der Waals surface area contributed by atoms with Gasteiger partial charge in [0.2, 0.25) is 0 Å². The molecule has 0 unspecified atom stereocenters. The first-order valence-electron chi connectivity index (χ1n) is 7.66. The van der Waals surface area contributed by atoms with Gasteiger partial charge in [0.05, 0.1) is 31.5 Å². The molecule has 1 aromatic carbocycles. The molecule has 118 valence electrons. The lowest BCUT2D eigenvalue weighted by molar-refractivity contribution is 0.122. The van der Waals surface area contributed by atoms with Crippen LogP contribution >= 0.6 is 11.3 Å². The van der Waals surface area contributed by atoms with E-state index >= 15 is 0 Å². The van der Waals surface area contributed by atoms with Crippen molar-refractivity contribution in [2.45, 2.75) is 6.54 Å². The number of benzene rings is 1. The molecule has 1 aliphatic heterocycles. The Morgan fingerprint density at radius 3 is 2.87 bits per heavy atom. The predicted molar refractivity (Wildman–Crippen MR) is 92.5 cm³/mol. The third kappa shape index (κ3) is 2.75. The Morgan fingerprint density at radius 1 is 1.17 bits per heavy atom. The van der Waals surface area contributed by atoms with Crippen LogP contribution in [0, 0.1) is 0 Å². The Balaban J connectivity index is 1.70. The van der Waals surface area contributed by atoms with Crippen molar-refractivity contribution in [1.82, 2.24) is 9.55 Å². The molecule has 0 aliphatic carbocycles. The normalized spacial score (nSPS) is 15.2. The maximum Gasteiger partial charge on any atom is 0.262 e. The van der Waals surface area contributed by atoms with Gasteiger partial charge < -0.3 is 9.64 Å². The van der Waals surface area contributed by atoms with Crippen molar-refractivity contribution in [3.05, 3.63) is 58.0 Å². The van der Waals surface area contributed by atoms with E-state index in [9.17, 15) is 4.79 Å². The second kappa shape index (κ2) is 6.14. The summed E-state index contributed by atoms with van der Waals surface area (Å²) in [6.45, 7) is 3.79. The van der Waals surface area contributed by atoms with Crippen molar-refractivity contribution >= 4 is 27.2 Å². The first-order valence-corrected chi connectivity index (χ1v) is 8.54. The van der Waals surface area contributed by atoms with Gasteiger partial charge in [0, 0.05) is 18.8 Å². The highest BCUT2D eigenvalue weighted by Crippen LogP contribution is 2.22. The Morgan fingerprint density at radius 2 is 2.00 bits per heavy atom. The van der Waals surface area contributed by atoms with E-state index in [1.165, 1.54) is 17.0 Å². The molecule has 6 heteroatoms. The highest BCUT2D eigenvalue weighted by molar-refractivity contribution is 7.16. The van der Waals surface area contributed by atoms with E-state index in [1.54, 1.807) is 10.9 Å². The highest BCUT2D eigenvalue weighted by atomic mass is 32.1. The summed E-state index contributed by atoms with van der Waals surface area (Å²) in [5, 5.41) is 2.60. The van der Waals surface area contributed by atoms with Gasteiger partial charge in [0.1, 0.15) is 4.83 Å². The minimum absolute atomic E-state index is 0.0213. The molecule has 3 heterocycles. The highest BCUT2D eigenvalue weighted by Gasteiger charge is 2.15. The zero-order chi connectivity index (χ0) is 15.6. The van der Waals surface area contributed by atoms with Crippen LogP contribution in [0.15, 0.2) is 46.8 Å². The molecule has 3 aromatic rings. The molecule has 5 nitrogen and oxygen atoms in total. The molecule has 0 amide bonds. The maximum absolute atomic E-state index is 12.6. The van der Waals surface area contributed by atoms with Crippen LogP contribution in [0.1, 0.15) is 5.56 Å². The summed E-state index contributed by atoms with van der Waals surface area (Å²) in [5.41, 5.74) is 2.33. The van der Waals surface area contributed by atoms with Gasteiger partial charge in [-0.05, 0) is 23.1 Å². The lowest BCUT2D eigenvalue weighted by Crippen LogP contribution is -2.37. The van der Waals surface area contributed by atoms with E-state index in [4.69, 9.17) is 4.74 Å². The van der Waals surface area contributed by atoms with Crippen LogP contribution in [0.4, 0.5) is 5.69 Å². The number of aromatic nitrogens is 2. The fraction of sp³-hybridized carbons (Fsp3) is 0.294. The van der Waals surface area contributed by atoms with Crippen LogP contribution in [0.25, 0.3) is 10.2 Å². The summed E-state index contributed by atoms with van der Waals surface area (Å²) in [5.74, 6) is 0. The first kappa shape index (κ1) is 14.4. The van der Waals surface area contributed by atoms with Gasteiger partial charge in [-0.25, -0.2) is 4.98 Å². The molecule has 23 heavy (non-hydrogen) atoms. The predicted octanol–water partition coefficient (Wildman–Crippen LogP) is 2.34. The topological polar surface area (TPSA) is 47.4 Å². The van der Waals surface area contributed by atoms with Crippen LogP contribution in [0.2, 0.25) is 0 Å². The summed E-state index contributed by atoms with van der Waals surface area (Å²) < 4.78 is 7.12. The van der Waals surface area contributed by atoms with Gasteiger partial charge in [-0.3, -0.25) is 9.36 Å². The standard InChI is InChI=1S/C17H17N3O2S/c21-17-14-5-10-23-16(14)18-12-20(17)11-13-3-1-2-4-15(13)19-6-8-22-9-7-19/h1-5,10,12H,6-9,11H2. The second-order valence-electron chi connectivity index (χ2n) is 5.55.